The minimum absolute atomic E-state index is 0.0936. The molecule has 1 aromatic carbocycles. The van der Waals surface area contributed by atoms with Gasteiger partial charge in [-0.15, -0.1) is 5.01 Å². The van der Waals surface area contributed by atoms with Gasteiger partial charge in [-0.1, -0.05) is 0 Å². The summed E-state index contributed by atoms with van der Waals surface area (Å²) in [6.07, 6.45) is 3.17. The smallest absolute Gasteiger partial charge is 0.318 e. The Morgan fingerprint density at radius 1 is 0.971 bits per heavy atom. The van der Waals surface area contributed by atoms with E-state index in [0.717, 1.165) is 30.6 Å². The second-order valence-electron chi connectivity index (χ2n) is 9.67. The van der Waals surface area contributed by atoms with Crippen molar-refractivity contribution in [2.24, 2.45) is 17.8 Å². The van der Waals surface area contributed by atoms with Crippen LogP contribution in [-0.2, 0) is 14.8 Å². The van der Waals surface area contributed by atoms with Crippen LogP contribution in [-0.4, -0.2) is 80.4 Å². The lowest BCUT2D eigenvalue weighted by Crippen LogP contribution is -2.48. The normalized spacial score (nSPS) is 27.9. The second-order valence-corrected chi connectivity index (χ2v) is 11.6. The Bertz CT molecular complexity index is 1070. The maximum atomic E-state index is 13.2. The molecule has 3 saturated heterocycles. The first kappa shape index (κ1) is 25.4. The molecule has 3 heterocycles. The van der Waals surface area contributed by atoms with Gasteiger partial charge in [0.2, 0.25) is 22.0 Å². The van der Waals surface area contributed by atoms with E-state index in [2.05, 4.69) is 16.0 Å². The van der Waals surface area contributed by atoms with Gasteiger partial charge < -0.3 is 16.0 Å². The fraction of sp³-hybridized carbons (Fsp3) is 0.652. The molecule has 0 radical (unpaired) electrons. The molecule has 12 heteroatoms. The van der Waals surface area contributed by atoms with Crippen molar-refractivity contribution in [2.75, 3.05) is 39.0 Å². The van der Waals surface area contributed by atoms with Gasteiger partial charge in [0.1, 0.15) is 16.8 Å². The predicted molar refractivity (Wildman–Crippen MR) is 130 cm³/mol. The third kappa shape index (κ3) is 4.86. The molecule has 3 aliphatic rings. The fourth-order valence-electron chi connectivity index (χ4n) is 5.91. The molecule has 3 fully saturated rings. The average Bonchev–Trinajstić information content (AvgIpc) is 3.13. The van der Waals surface area contributed by atoms with E-state index in [1.165, 1.54) is 23.5 Å². The molecule has 4 unspecified atom stereocenters. The van der Waals surface area contributed by atoms with E-state index in [1.54, 1.807) is 19.2 Å². The molecular formula is C23H35N6O5S+. The number of sulfonamides is 1. The standard InChI is InChI=1S/C23H34N6O5S/c1-15-21(22(30)24-2)20-14-17(10-13-28(20)29(15)32)16-8-11-27(12-9-16)35(33,34)19-6-4-18(5-7-19)26-23(31)25-3/h4-7,15-17,20-21H,8-14H2,1-3H3,(H2-,24,25,26,30,31)/p+1. The van der Waals surface area contributed by atoms with Crippen molar-refractivity contribution in [1.82, 2.24) is 19.9 Å². The van der Waals surface area contributed by atoms with Crippen molar-refractivity contribution in [1.29, 1.82) is 0 Å². The van der Waals surface area contributed by atoms with Crippen molar-refractivity contribution in [3.63, 3.8) is 0 Å². The molecule has 3 aliphatic heterocycles. The van der Waals surface area contributed by atoms with E-state index in [4.69, 9.17) is 0 Å². The van der Waals surface area contributed by atoms with E-state index >= 15 is 0 Å². The minimum Gasteiger partial charge on any atom is -0.359 e. The van der Waals surface area contributed by atoms with Crippen molar-refractivity contribution in [2.45, 2.75) is 49.6 Å². The second kappa shape index (κ2) is 10.1. The quantitative estimate of drug-likeness (QED) is 0.516. The van der Waals surface area contributed by atoms with Crippen molar-refractivity contribution >= 4 is 27.6 Å². The molecule has 0 aromatic heterocycles. The molecule has 0 spiro atoms. The third-order valence-electron chi connectivity index (χ3n) is 7.88. The van der Waals surface area contributed by atoms with Crippen LogP contribution in [0.15, 0.2) is 29.2 Å². The number of benzene rings is 1. The number of fused-ring (bicyclic) bond motifs is 1. The van der Waals surface area contributed by atoms with Gasteiger partial charge in [0.15, 0.2) is 0 Å². The Morgan fingerprint density at radius 2 is 1.60 bits per heavy atom. The molecule has 4 atom stereocenters. The number of hydrazine groups is 1. The summed E-state index contributed by atoms with van der Waals surface area (Å²) in [5.41, 5.74) is 0.515. The van der Waals surface area contributed by atoms with Gasteiger partial charge in [0.05, 0.1) is 16.3 Å². The largest absolute Gasteiger partial charge is 0.359 e. The van der Waals surface area contributed by atoms with Crippen LogP contribution in [0.5, 0.6) is 0 Å². The molecule has 0 saturated carbocycles. The molecule has 1 aromatic rings. The Labute approximate surface area is 206 Å². The van der Waals surface area contributed by atoms with Crippen LogP contribution in [0.25, 0.3) is 0 Å². The Balaban J connectivity index is 1.37. The van der Waals surface area contributed by atoms with E-state index < -0.39 is 10.0 Å². The highest BCUT2D eigenvalue weighted by atomic mass is 32.2. The van der Waals surface area contributed by atoms with Gasteiger partial charge in [-0.25, -0.2) is 13.2 Å². The van der Waals surface area contributed by atoms with Crippen molar-refractivity contribution in [3.8, 4) is 0 Å². The molecule has 0 bridgehead atoms. The molecule has 0 aliphatic carbocycles. The van der Waals surface area contributed by atoms with Crippen molar-refractivity contribution in [3.05, 3.63) is 29.2 Å². The molecule has 192 valence electrons. The molecule has 11 nitrogen and oxygen atoms in total. The van der Waals surface area contributed by atoms with Crippen LogP contribution >= 0.6 is 0 Å². The SMILES string of the molecule is CNC(=O)Nc1ccc(S(=O)(=O)N2CCC(C3CCN4C(C3)C(C(=O)NC)C(C)[N+]4=O)CC2)cc1. The number of piperidine rings is 2. The Kier molecular flexibility index (Phi) is 7.32. The summed E-state index contributed by atoms with van der Waals surface area (Å²) < 4.78 is 27.9. The number of hydrogen-bond donors (Lipinski definition) is 3. The zero-order valence-corrected chi connectivity index (χ0v) is 21.3. The number of rotatable bonds is 5. The van der Waals surface area contributed by atoms with Gasteiger partial charge >= 0.3 is 6.03 Å². The summed E-state index contributed by atoms with van der Waals surface area (Å²) in [5, 5.41) is 9.59. The Morgan fingerprint density at radius 3 is 2.20 bits per heavy atom. The number of urea groups is 1. The van der Waals surface area contributed by atoms with E-state index in [0.29, 0.717) is 37.2 Å². The van der Waals surface area contributed by atoms with Gasteiger partial charge in [-0.2, -0.15) is 4.31 Å². The average molecular weight is 508 g/mol. The lowest BCUT2D eigenvalue weighted by molar-refractivity contribution is -0.716. The highest BCUT2D eigenvalue weighted by molar-refractivity contribution is 7.89. The highest BCUT2D eigenvalue weighted by Crippen LogP contribution is 2.41. The van der Waals surface area contributed by atoms with Crippen molar-refractivity contribution < 1.29 is 22.9 Å². The summed E-state index contributed by atoms with van der Waals surface area (Å²) >= 11 is 0. The van der Waals surface area contributed by atoms with E-state index in [9.17, 15) is 22.9 Å². The summed E-state index contributed by atoms with van der Waals surface area (Å²) in [6, 6.07) is 5.31. The number of carbonyl (C=O) groups is 2. The number of nitroso groups, excluding NO2 is 1. The van der Waals surface area contributed by atoms with Crippen LogP contribution in [0, 0.1) is 22.7 Å². The molecule has 3 amide bonds. The summed E-state index contributed by atoms with van der Waals surface area (Å²) in [5.74, 6) is 0.275. The van der Waals surface area contributed by atoms with Gasteiger partial charge in [-0.3, -0.25) is 4.79 Å². The first-order valence-corrected chi connectivity index (χ1v) is 13.6. The zero-order chi connectivity index (χ0) is 25.3. The van der Waals surface area contributed by atoms with Crippen LogP contribution < -0.4 is 16.0 Å². The lowest BCUT2D eigenvalue weighted by Gasteiger charge is -2.39. The van der Waals surface area contributed by atoms with E-state index in [1.807, 2.05) is 11.9 Å². The first-order valence-electron chi connectivity index (χ1n) is 12.2. The number of amides is 3. The number of nitrogens with one attached hydrogen (secondary N) is 3. The topological polar surface area (TPSA) is 131 Å². The Hall–Kier alpha value is -2.73. The van der Waals surface area contributed by atoms with Gasteiger partial charge in [0, 0.05) is 39.8 Å². The number of hydrogen-bond acceptors (Lipinski definition) is 5. The predicted octanol–water partition coefficient (Wildman–Crippen LogP) is 1.38. The maximum Gasteiger partial charge on any atom is 0.318 e. The van der Waals surface area contributed by atoms with Crippen LogP contribution in [0.3, 0.4) is 0 Å². The zero-order valence-electron chi connectivity index (χ0n) is 20.4. The van der Waals surface area contributed by atoms with Crippen LogP contribution in [0.1, 0.15) is 32.6 Å². The van der Waals surface area contributed by atoms with E-state index in [-0.39, 0.29) is 34.8 Å². The summed E-state index contributed by atoms with van der Waals surface area (Å²) in [7, 11) is -0.509. The van der Waals surface area contributed by atoms with Crippen LogP contribution in [0.2, 0.25) is 0 Å². The summed E-state index contributed by atoms with van der Waals surface area (Å²) in [4.78, 5) is 37.7. The van der Waals surface area contributed by atoms with Gasteiger partial charge in [-0.05, 0) is 61.8 Å². The number of carbonyl (C=O) groups excluding carboxylic acids is 2. The monoisotopic (exact) mass is 507 g/mol. The molecule has 35 heavy (non-hydrogen) atoms. The van der Waals surface area contributed by atoms with Crippen LogP contribution in [0.4, 0.5) is 10.5 Å². The summed E-state index contributed by atoms with van der Waals surface area (Å²) in [6.45, 7) is 3.33. The highest BCUT2D eigenvalue weighted by Gasteiger charge is 2.58. The molecule has 3 N–H and O–H groups in total. The third-order valence-corrected chi connectivity index (χ3v) is 9.80. The first-order chi connectivity index (χ1) is 16.7. The number of anilines is 1. The molecule has 4 rings (SSSR count). The lowest BCUT2D eigenvalue weighted by atomic mass is 9.74. The molecular weight excluding hydrogens is 472 g/mol. The minimum atomic E-state index is -3.62. The number of nitrogens with zero attached hydrogens (tertiary/aromatic N) is 3. The maximum absolute atomic E-state index is 13.2. The van der Waals surface area contributed by atoms with Gasteiger partial charge in [0.25, 0.3) is 0 Å². The fourth-order valence-corrected chi connectivity index (χ4v) is 7.38.